The minimum atomic E-state index is -0.842. The highest BCUT2D eigenvalue weighted by atomic mass is 16.4. The predicted molar refractivity (Wildman–Crippen MR) is 78.8 cm³/mol. The topological polar surface area (TPSA) is 83.6 Å². The number of aliphatic carboxylic acids is 1. The smallest absolute Gasteiger partial charge is 0.308 e. The van der Waals surface area contributed by atoms with E-state index >= 15 is 0 Å². The Morgan fingerprint density at radius 1 is 1.35 bits per heavy atom. The van der Waals surface area contributed by atoms with E-state index in [0.29, 0.717) is 18.7 Å². The molecule has 1 amide bonds. The van der Waals surface area contributed by atoms with Crippen LogP contribution < -0.4 is 10.6 Å². The summed E-state index contributed by atoms with van der Waals surface area (Å²) in [7, 11) is 0. The summed E-state index contributed by atoms with van der Waals surface area (Å²) in [4.78, 5) is 24.0. The Morgan fingerprint density at radius 2 is 1.90 bits per heavy atom. The maximum atomic E-state index is 11.0. The molecule has 0 radical (unpaired) electrons. The fourth-order valence-corrected chi connectivity index (χ4v) is 1.83. The molecule has 5 nitrogen and oxygen atoms in total. The number of carboxylic acid groups (broad SMARTS) is 1. The molecule has 1 aromatic rings. The number of carbonyl (C=O) groups excluding carboxylic acids is 1. The fraction of sp³-hybridized carbons (Fsp3) is 0.333. The molecule has 1 aromatic carbocycles. The Labute approximate surface area is 118 Å². The number of anilines is 1. The SMILES string of the molecule is C=C(C)CN(CC(C)C(=O)O)c1ccc(C(N)=O)cc1. The van der Waals surface area contributed by atoms with Gasteiger partial charge in [-0.25, -0.2) is 0 Å². The van der Waals surface area contributed by atoms with Crippen molar-refractivity contribution in [3.63, 3.8) is 0 Å². The third-order valence-corrected chi connectivity index (χ3v) is 2.89. The number of nitrogens with two attached hydrogens (primary N) is 1. The average Bonchev–Trinajstić information content (AvgIpc) is 2.37. The van der Waals surface area contributed by atoms with E-state index in [0.717, 1.165) is 11.3 Å². The number of benzene rings is 1. The monoisotopic (exact) mass is 276 g/mol. The van der Waals surface area contributed by atoms with Crippen LogP contribution in [0.5, 0.6) is 0 Å². The van der Waals surface area contributed by atoms with E-state index in [1.165, 1.54) is 0 Å². The first kappa shape index (κ1) is 15.8. The van der Waals surface area contributed by atoms with Gasteiger partial charge in [-0.1, -0.05) is 19.1 Å². The Bertz CT molecular complexity index is 508. The number of carboxylic acids is 1. The molecule has 3 N–H and O–H groups in total. The number of hydrogen-bond donors (Lipinski definition) is 2. The van der Waals surface area contributed by atoms with E-state index in [9.17, 15) is 9.59 Å². The van der Waals surface area contributed by atoms with Gasteiger partial charge < -0.3 is 15.7 Å². The molecular weight excluding hydrogens is 256 g/mol. The maximum absolute atomic E-state index is 11.0. The summed E-state index contributed by atoms with van der Waals surface area (Å²) in [5.74, 6) is -1.82. The summed E-state index contributed by atoms with van der Waals surface area (Å²) < 4.78 is 0. The van der Waals surface area contributed by atoms with Gasteiger partial charge in [0.1, 0.15) is 0 Å². The molecule has 0 bridgehead atoms. The van der Waals surface area contributed by atoms with Crippen molar-refractivity contribution in [1.82, 2.24) is 0 Å². The number of nitrogens with zero attached hydrogens (tertiary/aromatic N) is 1. The Hall–Kier alpha value is -2.30. The molecule has 0 heterocycles. The van der Waals surface area contributed by atoms with Crippen molar-refractivity contribution >= 4 is 17.6 Å². The van der Waals surface area contributed by atoms with Crippen LogP contribution in [0.15, 0.2) is 36.4 Å². The minimum Gasteiger partial charge on any atom is -0.481 e. The van der Waals surface area contributed by atoms with Crippen molar-refractivity contribution in [3.05, 3.63) is 42.0 Å². The molecule has 0 spiro atoms. The number of carbonyl (C=O) groups is 2. The second-order valence-corrected chi connectivity index (χ2v) is 4.99. The highest BCUT2D eigenvalue weighted by Gasteiger charge is 2.17. The van der Waals surface area contributed by atoms with Crippen LogP contribution in [-0.4, -0.2) is 30.1 Å². The normalized spacial score (nSPS) is 11.7. The molecule has 0 saturated heterocycles. The molecule has 0 aromatic heterocycles. The van der Waals surface area contributed by atoms with Crippen LogP contribution in [0.25, 0.3) is 0 Å². The first-order chi connectivity index (χ1) is 9.31. The van der Waals surface area contributed by atoms with Gasteiger partial charge in [-0.15, -0.1) is 0 Å². The molecule has 5 heteroatoms. The van der Waals surface area contributed by atoms with E-state index in [-0.39, 0.29) is 0 Å². The van der Waals surface area contributed by atoms with E-state index < -0.39 is 17.8 Å². The lowest BCUT2D eigenvalue weighted by molar-refractivity contribution is -0.140. The Morgan fingerprint density at radius 3 is 2.30 bits per heavy atom. The van der Waals surface area contributed by atoms with Gasteiger partial charge in [-0.3, -0.25) is 9.59 Å². The highest BCUT2D eigenvalue weighted by Crippen LogP contribution is 2.18. The van der Waals surface area contributed by atoms with Crippen LogP contribution in [0.1, 0.15) is 24.2 Å². The van der Waals surface area contributed by atoms with Crippen LogP contribution in [0.4, 0.5) is 5.69 Å². The average molecular weight is 276 g/mol. The van der Waals surface area contributed by atoms with Crippen molar-refractivity contribution in [1.29, 1.82) is 0 Å². The second kappa shape index (κ2) is 6.75. The van der Waals surface area contributed by atoms with Crippen molar-refractivity contribution in [3.8, 4) is 0 Å². The fourth-order valence-electron chi connectivity index (χ4n) is 1.83. The van der Waals surface area contributed by atoms with E-state index in [1.54, 1.807) is 31.2 Å². The summed E-state index contributed by atoms with van der Waals surface area (Å²) in [6, 6.07) is 6.79. The molecule has 20 heavy (non-hydrogen) atoms. The number of primary amides is 1. The van der Waals surface area contributed by atoms with Crippen molar-refractivity contribution < 1.29 is 14.7 Å². The molecule has 0 fully saturated rings. The molecule has 0 aliphatic carbocycles. The summed E-state index contributed by atoms with van der Waals surface area (Å²) in [6.07, 6.45) is 0. The van der Waals surface area contributed by atoms with Gasteiger partial charge in [0.25, 0.3) is 0 Å². The molecule has 108 valence electrons. The quantitative estimate of drug-likeness (QED) is 0.745. The first-order valence-electron chi connectivity index (χ1n) is 6.33. The van der Waals surface area contributed by atoms with E-state index in [1.807, 2.05) is 11.8 Å². The lowest BCUT2D eigenvalue weighted by atomic mass is 10.1. The molecule has 1 rings (SSSR count). The van der Waals surface area contributed by atoms with Gasteiger partial charge >= 0.3 is 5.97 Å². The molecule has 0 saturated carbocycles. The van der Waals surface area contributed by atoms with Gasteiger partial charge in [-0.2, -0.15) is 0 Å². The summed E-state index contributed by atoms with van der Waals surface area (Å²) in [5, 5.41) is 9.02. The van der Waals surface area contributed by atoms with Crippen molar-refractivity contribution in [2.75, 3.05) is 18.0 Å². The van der Waals surface area contributed by atoms with Gasteiger partial charge in [0.05, 0.1) is 5.92 Å². The molecule has 1 unspecified atom stereocenters. The van der Waals surface area contributed by atoms with E-state index in [2.05, 4.69) is 6.58 Å². The van der Waals surface area contributed by atoms with Crippen LogP contribution in [-0.2, 0) is 4.79 Å². The summed E-state index contributed by atoms with van der Waals surface area (Å²) >= 11 is 0. The lowest BCUT2D eigenvalue weighted by Gasteiger charge is -2.27. The summed E-state index contributed by atoms with van der Waals surface area (Å²) in [5.41, 5.74) is 7.39. The van der Waals surface area contributed by atoms with Gasteiger partial charge in [0, 0.05) is 24.3 Å². The second-order valence-electron chi connectivity index (χ2n) is 4.99. The zero-order chi connectivity index (χ0) is 15.3. The largest absolute Gasteiger partial charge is 0.481 e. The standard InChI is InChI=1S/C15H20N2O3/c1-10(2)8-17(9-11(3)15(19)20)13-6-4-12(5-7-13)14(16)18/h4-7,11H,1,8-9H2,2-3H3,(H2,16,18)(H,19,20). The maximum Gasteiger partial charge on any atom is 0.308 e. The first-order valence-corrected chi connectivity index (χ1v) is 6.33. The van der Waals surface area contributed by atoms with Gasteiger partial charge in [0.15, 0.2) is 0 Å². The predicted octanol–water partition coefficient (Wildman–Crippen LogP) is 1.89. The summed E-state index contributed by atoms with van der Waals surface area (Å²) in [6.45, 7) is 8.33. The molecular formula is C15H20N2O3. The molecule has 1 atom stereocenters. The van der Waals surface area contributed by atoms with Crippen molar-refractivity contribution in [2.24, 2.45) is 11.7 Å². The van der Waals surface area contributed by atoms with Gasteiger partial charge in [0.2, 0.25) is 5.91 Å². The molecule has 0 aliphatic rings. The van der Waals surface area contributed by atoms with Gasteiger partial charge in [-0.05, 0) is 31.2 Å². The minimum absolute atomic E-state index is 0.373. The van der Waals surface area contributed by atoms with E-state index in [4.69, 9.17) is 10.8 Å². The number of rotatable bonds is 7. The highest BCUT2D eigenvalue weighted by molar-refractivity contribution is 5.93. The van der Waals surface area contributed by atoms with Crippen LogP contribution in [0, 0.1) is 5.92 Å². The number of hydrogen-bond acceptors (Lipinski definition) is 3. The zero-order valence-electron chi connectivity index (χ0n) is 11.8. The lowest BCUT2D eigenvalue weighted by Crippen LogP contribution is -2.33. The third kappa shape index (κ3) is 4.42. The van der Waals surface area contributed by atoms with Crippen LogP contribution >= 0.6 is 0 Å². The Balaban J connectivity index is 2.94. The number of amides is 1. The van der Waals surface area contributed by atoms with Crippen molar-refractivity contribution in [2.45, 2.75) is 13.8 Å². The zero-order valence-corrected chi connectivity index (χ0v) is 11.8. The third-order valence-electron chi connectivity index (χ3n) is 2.89. The molecule has 0 aliphatic heterocycles. The Kier molecular flexibility index (Phi) is 5.32. The van der Waals surface area contributed by atoms with Crippen LogP contribution in [0.2, 0.25) is 0 Å². The van der Waals surface area contributed by atoms with Crippen LogP contribution in [0.3, 0.4) is 0 Å².